The fraction of sp³-hybridized carbons (Fsp3) is 1.00. The van der Waals surface area contributed by atoms with Gasteiger partial charge >= 0.3 is 25.6 Å². The van der Waals surface area contributed by atoms with Crippen LogP contribution in [0.25, 0.3) is 0 Å². The maximum atomic E-state index is 8.34. The van der Waals surface area contributed by atoms with E-state index in [4.69, 9.17) is 18.4 Å². The van der Waals surface area contributed by atoms with Gasteiger partial charge in [-0.2, -0.15) is 0 Å². The van der Waals surface area contributed by atoms with Crippen molar-refractivity contribution in [3.05, 3.63) is 0 Å². The minimum absolute atomic E-state index is 0.300. The van der Waals surface area contributed by atoms with Crippen LogP contribution in [0.15, 0.2) is 0 Å². The molecule has 0 saturated carbocycles. The van der Waals surface area contributed by atoms with E-state index in [1.807, 2.05) is 0 Å². The van der Waals surface area contributed by atoms with Crippen LogP contribution in [0.4, 0.5) is 0 Å². The van der Waals surface area contributed by atoms with Crippen molar-refractivity contribution in [2.75, 3.05) is 13.2 Å². The summed E-state index contributed by atoms with van der Waals surface area (Å²) in [5, 5.41) is 24.0. The Labute approximate surface area is 60.6 Å². The van der Waals surface area contributed by atoms with Crippen molar-refractivity contribution in [2.24, 2.45) is 0 Å². The molecular weight excluding hydrogens is 219 g/mol. The molecule has 8 heavy (non-hydrogen) atoms. The number of aliphatic hydroxyl groups excluding tert-OH is 3. The van der Waals surface area contributed by atoms with E-state index in [0.717, 1.165) is 0 Å². The fourth-order valence-electron chi connectivity index (χ4n) is 0.0577. The van der Waals surface area contributed by atoms with Gasteiger partial charge in [-0.15, -0.1) is 0 Å². The van der Waals surface area contributed by atoms with Crippen molar-refractivity contribution < 1.29 is 18.4 Å². The third kappa shape index (κ3) is 9.69. The molecule has 0 aliphatic heterocycles. The van der Waals surface area contributed by atoms with Gasteiger partial charge in [0.1, 0.15) is 6.10 Å². The Kier molecular flexibility index (Phi) is 14.8. The Morgan fingerprint density at radius 1 is 1.25 bits per heavy atom. The Morgan fingerprint density at radius 3 is 1.50 bits per heavy atom. The molecule has 0 rings (SSSR count). The predicted octanol–water partition coefficient (Wildman–Crippen LogP) is -2.17. The van der Waals surface area contributed by atoms with Gasteiger partial charge in [0.25, 0.3) is 0 Å². The van der Waals surface area contributed by atoms with E-state index in [0.29, 0.717) is 22.5 Å². The SMILES string of the molecule is OCC(O)CO.[O]=[Sn]. The van der Waals surface area contributed by atoms with Crippen LogP contribution in [0.1, 0.15) is 0 Å². The third-order valence-electron chi connectivity index (χ3n) is 0.421. The molecule has 3 N–H and O–H groups in total. The van der Waals surface area contributed by atoms with E-state index >= 15 is 0 Å². The van der Waals surface area contributed by atoms with Crippen molar-refractivity contribution in [2.45, 2.75) is 6.10 Å². The summed E-state index contributed by atoms with van der Waals surface area (Å²) in [6, 6.07) is 0. The number of aliphatic hydroxyl groups is 3. The quantitative estimate of drug-likeness (QED) is 0.469. The van der Waals surface area contributed by atoms with Gasteiger partial charge in [0.15, 0.2) is 0 Å². The first-order valence-electron chi connectivity index (χ1n) is 1.91. The topological polar surface area (TPSA) is 77.8 Å². The van der Waals surface area contributed by atoms with Crippen molar-refractivity contribution >= 4 is 22.5 Å². The van der Waals surface area contributed by atoms with Crippen LogP contribution in [-0.2, 0) is 3.08 Å². The molecule has 0 bridgehead atoms. The second-order valence-corrected chi connectivity index (χ2v) is 1.02. The summed E-state index contributed by atoms with van der Waals surface area (Å²) in [4.78, 5) is 0. The Hall–Kier alpha value is 0.479. The van der Waals surface area contributed by atoms with Crippen LogP contribution < -0.4 is 0 Å². The molecule has 0 spiro atoms. The van der Waals surface area contributed by atoms with Gasteiger partial charge < -0.3 is 15.3 Å². The molecule has 0 amide bonds. The fourth-order valence-corrected chi connectivity index (χ4v) is 0.0577. The summed E-state index contributed by atoms with van der Waals surface area (Å²) in [6.45, 7) is -0.729. The number of hydrogen-bond donors (Lipinski definition) is 3. The predicted molar refractivity (Wildman–Crippen MR) is 26.6 cm³/mol. The average molecular weight is 227 g/mol. The van der Waals surface area contributed by atoms with Crippen LogP contribution in [0.5, 0.6) is 0 Å². The molecule has 0 aliphatic carbocycles. The summed E-state index contributed by atoms with van der Waals surface area (Å²) in [6.07, 6.45) is -0.954. The van der Waals surface area contributed by atoms with Crippen LogP contribution in [0.2, 0.25) is 0 Å². The van der Waals surface area contributed by atoms with E-state index in [1.165, 1.54) is 0 Å². The Morgan fingerprint density at radius 2 is 1.50 bits per heavy atom. The number of hydrogen-bond acceptors (Lipinski definition) is 4. The molecule has 0 heterocycles. The van der Waals surface area contributed by atoms with Crippen LogP contribution in [0, 0.1) is 0 Å². The first-order chi connectivity index (χ1) is 3.81. The van der Waals surface area contributed by atoms with Crippen LogP contribution >= 0.6 is 0 Å². The van der Waals surface area contributed by atoms with Crippen molar-refractivity contribution in [1.82, 2.24) is 0 Å². The summed E-state index contributed by atoms with van der Waals surface area (Å²) in [5.41, 5.74) is 0. The summed E-state index contributed by atoms with van der Waals surface area (Å²) in [7, 11) is 0. The van der Waals surface area contributed by atoms with Crippen molar-refractivity contribution in [3.63, 3.8) is 0 Å². The van der Waals surface area contributed by atoms with Crippen molar-refractivity contribution in [1.29, 1.82) is 0 Å². The molecular formula is C3H8O4Sn. The van der Waals surface area contributed by atoms with E-state index < -0.39 is 6.10 Å². The summed E-state index contributed by atoms with van der Waals surface area (Å²) >= 11 is 0.300. The third-order valence-corrected chi connectivity index (χ3v) is 0.421. The molecule has 0 unspecified atom stereocenters. The first-order valence-corrected chi connectivity index (χ1v) is 3.08. The Bertz CT molecular complexity index is 38.3. The van der Waals surface area contributed by atoms with Crippen LogP contribution in [-0.4, -0.2) is 57.1 Å². The second-order valence-electron chi connectivity index (χ2n) is 1.02. The molecule has 0 atom stereocenters. The van der Waals surface area contributed by atoms with E-state index in [9.17, 15) is 0 Å². The van der Waals surface area contributed by atoms with Gasteiger partial charge in [-0.1, -0.05) is 0 Å². The van der Waals surface area contributed by atoms with Gasteiger partial charge in [-0.05, 0) is 0 Å². The van der Waals surface area contributed by atoms with Crippen molar-refractivity contribution in [3.8, 4) is 0 Å². The molecule has 0 aromatic rings. The Balaban J connectivity index is 0. The molecule has 0 aromatic heterocycles. The molecule has 0 aliphatic rings. The van der Waals surface area contributed by atoms with Gasteiger partial charge in [0, 0.05) is 0 Å². The first kappa shape index (κ1) is 11.3. The zero-order chi connectivity index (χ0) is 6.99. The minimum atomic E-state index is -0.954. The van der Waals surface area contributed by atoms with Crippen LogP contribution in [0.3, 0.4) is 0 Å². The van der Waals surface area contributed by atoms with E-state index in [-0.39, 0.29) is 13.2 Å². The maximum absolute atomic E-state index is 8.34. The second kappa shape index (κ2) is 10.5. The van der Waals surface area contributed by atoms with E-state index in [2.05, 4.69) is 0 Å². The summed E-state index contributed by atoms with van der Waals surface area (Å²) in [5.74, 6) is 0. The molecule has 2 radical (unpaired) electrons. The van der Waals surface area contributed by atoms with Gasteiger partial charge in [0.05, 0.1) is 13.2 Å². The van der Waals surface area contributed by atoms with Gasteiger partial charge in [-0.3, -0.25) is 0 Å². The van der Waals surface area contributed by atoms with Gasteiger partial charge in [0.2, 0.25) is 0 Å². The van der Waals surface area contributed by atoms with E-state index in [1.54, 1.807) is 0 Å². The number of rotatable bonds is 2. The molecule has 48 valence electrons. The normalized spacial score (nSPS) is 8.00. The van der Waals surface area contributed by atoms with Gasteiger partial charge in [-0.25, -0.2) is 0 Å². The standard InChI is InChI=1S/C3H8O3.O.Sn/c4-1-3(6)2-5;;/h3-6H,1-2H2;;. The monoisotopic (exact) mass is 228 g/mol. The molecule has 0 fully saturated rings. The summed E-state index contributed by atoms with van der Waals surface area (Å²) < 4.78 is 8.34. The zero-order valence-corrected chi connectivity index (χ0v) is 7.10. The molecule has 0 saturated heterocycles. The zero-order valence-electron chi connectivity index (χ0n) is 4.24. The molecule has 5 heteroatoms. The molecule has 0 aromatic carbocycles. The molecule has 4 nitrogen and oxygen atoms in total. The average Bonchev–Trinajstić information content (AvgIpc) is 1.91.